The van der Waals surface area contributed by atoms with Crippen molar-refractivity contribution in [1.29, 1.82) is 5.26 Å². The molecule has 4 nitrogen and oxygen atoms in total. The third-order valence-electron chi connectivity index (χ3n) is 1.06. The zero-order chi connectivity index (χ0) is 9.99. The summed E-state index contributed by atoms with van der Waals surface area (Å²) in [6.07, 6.45) is 0. The highest BCUT2D eigenvalue weighted by molar-refractivity contribution is 5.83. The fourth-order valence-electron chi connectivity index (χ4n) is 0.430. The van der Waals surface area contributed by atoms with Crippen LogP contribution in [0.4, 0.5) is 0 Å². The van der Waals surface area contributed by atoms with Crippen molar-refractivity contribution >= 4 is 5.97 Å². The Kier molecular flexibility index (Phi) is 2.83. The number of nitrogens with zero attached hydrogens (tertiary/aromatic N) is 1. The van der Waals surface area contributed by atoms with E-state index in [1.807, 2.05) is 0 Å². The van der Waals surface area contributed by atoms with Crippen LogP contribution in [0.15, 0.2) is 0 Å². The monoisotopic (exact) mass is 170 g/mol. The molecule has 0 heterocycles. The van der Waals surface area contributed by atoms with Gasteiger partial charge in [-0.05, 0) is 27.7 Å². The number of ether oxygens (including phenoxy) is 1. The maximum Gasteiger partial charge on any atom is 0.341 e. The molecule has 0 saturated carbocycles. The summed E-state index contributed by atoms with van der Waals surface area (Å²) in [5, 5.41) is 8.49. The predicted octanol–water partition coefficient (Wildman–Crippen LogP) is 0.569. The molecule has 0 aromatic heterocycles. The molecule has 0 rings (SSSR count). The minimum atomic E-state index is -1.55. The molecule has 0 aliphatic rings. The first-order valence-corrected chi connectivity index (χ1v) is 3.62. The van der Waals surface area contributed by atoms with E-state index < -0.39 is 17.1 Å². The number of rotatable bonds is 1. The number of nitriles is 1. The van der Waals surface area contributed by atoms with Crippen LogP contribution >= 0.6 is 0 Å². The molecular weight excluding hydrogens is 156 g/mol. The maximum atomic E-state index is 11.1. The van der Waals surface area contributed by atoms with Gasteiger partial charge < -0.3 is 10.5 Å². The first kappa shape index (κ1) is 10.9. The van der Waals surface area contributed by atoms with E-state index in [1.54, 1.807) is 26.8 Å². The summed E-state index contributed by atoms with van der Waals surface area (Å²) in [6, 6.07) is 1.67. The number of carbonyl (C=O) groups excluding carboxylic acids is 1. The third-order valence-corrected chi connectivity index (χ3v) is 1.06. The van der Waals surface area contributed by atoms with Crippen LogP contribution in [0.5, 0.6) is 0 Å². The van der Waals surface area contributed by atoms with Crippen LogP contribution in [-0.2, 0) is 9.53 Å². The topological polar surface area (TPSA) is 76.1 Å². The Morgan fingerprint density at radius 2 is 1.83 bits per heavy atom. The normalized spacial score (nSPS) is 16.0. The Bertz CT molecular complexity index is 220. The summed E-state index contributed by atoms with van der Waals surface area (Å²) in [4.78, 5) is 11.1. The van der Waals surface area contributed by atoms with Crippen LogP contribution in [0.2, 0.25) is 0 Å². The van der Waals surface area contributed by atoms with Crippen molar-refractivity contribution in [3.05, 3.63) is 0 Å². The molecule has 0 saturated heterocycles. The number of nitrogens with two attached hydrogens (primary N) is 1. The molecule has 1 atom stereocenters. The van der Waals surface area contributed by atoms with Gasteiger partial charge in [0.05, 0.1) is 6.07 Å². The van der Waals surface area contributed by atoms with Crippen LogP contribution in [0, 0.1) is 11.3 Å². The van der Waals surface area contributed by atoms with Gasteiger partial charge in [-0.1, -0.05) is 0 Å². The first-order valence-electron chi connectivity index (χ1n) is 3.62. The molecule has 0 aliphatic heterocycles. The molecule has 0 radical (unpaired) electrons. The molecule has 0 amide bonds. The fraction of sp³-hybridized carbons (Fsp3) is 0.750. The van der Waals surface area contributed by atoms with Gasteiger partial charge in [-0.15, -0.1) is 0 Å². The van der Waals surface area contributed by atoms with Gasteiger partial charge in [0.1, 0.15) is 5.60 Å². The van der Waals surface area contributed by atoms with Crippen LogP contribution in [0.3, 0.4) is 0 Å². The Labute approximate surface area is 72.3 Å². The highest BCUT2D eigenvalue weighted by atomic mass is 16.6. The Morgan fingerprint density at radius 1 is 1.42 bits per heavy atom. The lowest BCUT2D eigenvalue weighted by Crippen LogP contribution is -2.47. The molecule has 2 N–H and O–H groups in total. The highest BCUT2D eigenvalue weighted by Crippen LogP contribution is 2.11. The smallest absolute Gasteiger partial charge is 0.341 e. The molecule has 68 valence electrons. The minimum absolute atomic E-state index is 0.603. The van der Waals surface area contributed by atoms with Crippen molar-refractivity contribution in [3.8, 4) is 6.07 Å². The second-order valence-electron chi connectivity index (χ2n) is 3.82. The van der Waals surface area contributed by atoms with Crippen molar-refractivity contribution in [2.75, 3.05) is 0 Å². The van der Waals surface area contributed by atoms with Crippen molar-refractivity contribution < 1.29 is 9.53 Å². The minimum Gasteiger partial charge on any atom is -0.458 e. The van der Waals surface area contributed by atoms with Crippen LogP contribution < -0.4 is 5.73 Å². The fourth-order valence-corrected chi connectivity index (χ4v) is 0.430. The quantitative estimate of drug-likeness (QED) is 0.583. The number of hydrogen-bond acceptors (Lipinski definition) is 4. The average molecular weight is 170 g/mol. The van der Waals surface area contributed by atoms with E-state index in [9.17, 15) is 4.79 Å². The molecule has 4 heteroatoms. The average Bonchev–Trinajstić information content (AvgIpc) is 1.84. The lowest BCUT2D eigenvalue weighted by atomic mass is 10.1. The largest absolute Gasteiger partial charge is 0.458 e. The lowest BCUT2D eigenvalue weighted by molar-refractivity contribution is -0.158. The zero-order valence-electron chi connectivity index (χ0n) is 7.84. The van der Waals surface area contributed by atoms with E-state index in [2.05, 4.69) is 0 Å². The van der Waals surface area contributed by atoms with Gasteiger partial charge in [0, 0.05) is 0 Å². The lowest BCUT2D eigenvalue weighted by Gasteiger charge is -2.23. The molecule has 1 unspecified atom stereocenters. The zero-order valence-corrected chi connectivity index (χ0v) is 7.84. The third kappa shape index (κ3) is 3.35. The molecule has 0 bridgehead atoms. The Morgan fingerprint density at radius 3 is 2.08 bits per heavy atom. The van der Waals surface area contributed by atoms with E-state index >= 15 is 0 Å². The summed E-state index contributed by atoms with van der Waals surface area (Å²) in [5.41, 5.74) is 3.18. The molecular formula is C8H14N2O2. The SMILES string of the molecule is CC(C)(C)OC(=O)C(C)(N)C#N. The van der Waals surface area contributed by atoms with Gasteiger partial charge in [-0.2, -0.15) is 5.26 Å². The van der Waals surface area contributed by atoms with Crippen LogP contribution in [0.25, 0.3) is 0 Å². The number of carbonyl (C=O) groups is 1. The van der Waals surface area contributed by atoms with E-state index in [0.717, 1.165) is 0 Å². The van der Waals surface area contributed by atoms with E-state index in [4.69, 9.17) is 15.7 Å². The summed E-state index contributed by atoms with van der Waals surface area (Å²) in [6.45, 7) is 6.48. The van der Waals surface area contributed by atoms with Crippen molar-refractivity contribution in [2.45, 2.75) is 38.8 Å². The van der Waals surface area contributed by atoms with E-state index in [1.165, 1.54) is 6.92 Å². The summed E-state index contributed by atoms with van der Waals surface area (Å²) < 4.78 is 4.91. The standard InChI is InChI=1S/C8H14N2O2/c1-7(2,3)12-6(11)8(4,10)5-9/h10H2,1-4H3. The van der Waals surface area contributed by atoms with Gasteiger partial charge in [0.15, 0.2) is 5.54 Å². The van der Waals surface area contributed by atoms with Crippen molar-refractivity contribution in [1.82, 2.24) is 0 Å². The summed E-state index contributed by atoms with van der Waals surface area (Å²) in [5.74, 6) is -0.697. The second-order valence-corrected chi connectivity index (χ2v) is 3.82. The van der Waals surface area contributed by atoms with Gasteiger partial charge >= 0.3 is 5.97 Å². The van der Waals surface area contributed by atoms with Crippen molar-refractivity contribution in [3.63, 3.8) is 0 Å². The molecule has 0 aliphatic carbocycles. The summed E-state index contributed by atoms with van der Waals surface area (Å²) >= 11 is 0. The highest BCUT2D eigenvalue weighted by Gasteiger charge is 2.33. The molecule has 0 fully saturated rings. The Hall–Kier alpha value is -1.08. The van der Waals surface area contributed by atoms with Crippen LogP contribution in [-0.4, -0.2) is 17.1 Å². The van der Waals surface area contributed by atoms with Crippen LogP contribution in [0.1, 0.15) is 27.7 Å². The number of hydrogen-bond donors (Lipinski definition) is 1. The maximum absolute atomic E-state index is 11.1. The molecule has 12 heavy (non-hydrogen) atoms. The van der Waals surface area contributed by atoms with Gasteiger partial charge in [-0.25, -0.2) is 4.79 Å². The van der Waals surface area contributed by atoms with Gasteiger partial charge in [0.2, 0.25) is 0 Å². The van der Waals surface area contributed by atoms with E-state index in [-0.39, 0.29) is 0 Å². The molecule has 0 spiro atoms. The van der Waals surface area contributed by atoms with Gasteiger partial charge in [0.25, 0.3) is 0 Å². The van der Waals surface area contributed by atoms with E-state index in [0.29, 0.717) is 0 Å². The molecule has 0 aromatic carbocycles. The second kappa shape index (κ2) is 3.11. The van der Waals surface area contributed by atoms with Gasteiger partial charge in [-0.3, -0.25) is 0 Å². The van der Waals surface area contributed by atoms with Crippen molar-refractivity contribution in [2.24, 2.45) is 5.73 Å². The predicted molar refractivity (Wildman–Crippen MR) is 44.1 cm³/mol. The number of esters is 1. The summed E-state index contributed by atoms with van der Waals surface area (Å²) in [7, 11) is 0. The first-order chi connectivity index (χ1) is 5.19. The Balaban J connectivity index is 4.37. The molecule has 0 aromatic rings.